The number of carbonyl (C=O) groups excluding carboxylic acids is 3. The van der Waals surface area contributed by atoms with Gasteiger partial charge in [-0.15, -0.1) is 0 Å². The molecule has 2 heterocycles. The minimum Gasteiger partial charge on any atom is -0.465 e. The molecule has 0 aromatic heterocycles. The Kier molecular flexibility index (Phi) is 6.31. The van der Waals surface area contributed by atoms with Crippen LogP contribution < -0.4 is 21.1 Å². The summed E-state index contributed by atoms with van der Waals surface area (Å²) in [5, 5.41) is 3.17. The van der Waals surface area contributed by atoms with Gasteiger partial charge in [0, 0.05) is 6.54 Å². The number of nitrogens with one attached hydrogen (secondary N) is 3. The van der Waals surface area contributed by atoms with E-state index in [1.54, 1.807) is 29.2 Å². The average molecular weight is 439 g/mol. The molecule has 4 rings (SSSR count). The minimum atomic E-state index is -0.535. The van der Waals surface area contributed by atoms with Crippen molar-refractivity contribution in [1.29, 1.82) is 0 Å². The highest BCUT2D eigenvalue weighted by molar-refractivity contribution is 8.14. The summed E-state index contributed by atoms with van der Waals surface area (Å²) in [4.78, 5) is 43.8. The van der Waals surface area contributed by atoms with Gasteiger partial charge in [-0.25, -0.2) is 15.2 Å². The van der Waals surface area contributed by atoms with Crippen LogP contribution in [0.4, 0.5) is 11.4 Å². The molecular weight excluding hydrogens is 418 g/mol. The van der Waals surface area contributed by atoms with Crippen molar-refractivity contribution in [2.75, 3.05) is 29.6 Å². The zero-order valence-corrected chi connectivity index (χ0v) is 17.5. The van der Waals surface area contributed by atoms with E-state index < -0.39 is 5.97 Å². The number of amides is 2. The number of hydrogen-bond donors (Lipinski definition) is 3. The van der Waals surface area contributed by atoms with Crippen LogP contribution in [0.25, 0.3) is 0 Å². The summed E-state index contributed by atoms with van der Waals surface area (Å²) >= 11 is 1.16. The summed E-state index contributed by atoms with van der Waals surface area (Å²) < 4.78 is 4.76. The van der Waals surface area contributed by atoms with Gasteiger partial charge in [-0.1, -0.05) is 42.1 Å². The molecule has 2 aromatic rings. The smallest absolute Gasteiger partial charge is 0.339 e. The van der Waals surface area contributed by atoms with E-state index in [0.29, 0.717) is 23.1 Å². The topological polar surface area (TPSA) is 112 Å². The standard InChI is InChI=1S/C21H21N5O4S/c1-30-20(29)14-9-5-6-10-16(14)23-17(27)12-31-21-24-18-15(11-22-25-18)19(28)26(21)13-7-3-2-4-8-13/h2-10,15,18,22,25H,11-12H2,1H3,(H,23,27). The zero-order chi connectivity index (χ0) is 21.8. The van der Waals surface area contributed by atoms with E-state index in [-0.39, 0.29) is 35.2 Å². The number of aliphatic imine (C=N–C) groups is 1. The molecule has 2 amide bonds. The van der Waals surface area contributed by atoms with Crippen LogP contribution in [0.2, 0.25) is 0 Å². The van der Waals surface area contributed by atoms with Crippen LogP contribution in [0, 0.1) is 5.92 Å². The number of hydrazine groups is 1. The number of anilines is 2. The van der Waals surface area contributed by atoms with E-state index in [0.717, 1.165) is 11.8 Å². The Balaban J connectivity index is 1.50. The van der Waals surface area contributed by atoms with Gasteiger partial charge in [0.2, 0.25) is 11.8 Å². The van der Waals surface area contributed by atoms with E-state index >= 15 is 0 Å². The van der Waals surface area contributed by atoms with E-state index in [1.165, 1.54) is 7.11 Å². The number of methoxy groups -OCH3 is 1. The van der Waals surface area contributed by atoms with Crippen molar-refractivity contribution in [2.24, 2.45) is 10.9 Å². The number of para-hydroxylation sites is 2. The lowest BCUT2D eigenvalue weighted by atomic mass is 10.1. The zero-order valence-electron chi connectivity index (χ0n) is 16.7. The van der Waals surface area contributed by atoms with Gasteiger partial charge in [-0.2, -0.15) is 0 Å². The number of fused-ring (bicyclic) bond motifs is 1. The fraction of sp³-hybridized carbons (Fsp3) is 0.238. The summed E-state index contributed by atoms with van der Waals surface area (Å²) in [5.74, 6) is -1.25. The van der Waals surface area contributed by atoms with Gasteiger partial charge in [0.05, 0.1) is 35.7 Å². The fourth-order valence-electron chi connectivity index (χ4n) is 3.38. The highest BCUT2D eigenvalue weighted by Gasteiger charge is 2.42. The lowest BCUT2D eigenvalue weighted by Crippen LogP contribution is -2.49. The number of benzene rings is 2. The first kappa shape index (κ1) is 21.0. The van der Waals surface area contributed by atoms with Crippen LogP contribution in [-0.2, 0) is 14.3 Å². The molecule has 2 aromatic carbocycles. The van der Waals surface area contributed by atoms with Crippen molar-refractivity contribution in [1.82, 2.24) is 10.9 Å². The first-order valence-corrected chi connectivity index (χ1v) is 10.6. The maximum Gasteiger partial charge on any atom is 0.339 e. The van der Waals surface area contributed by atoms with Gasteiger partial charge >= 0.3 is 5.97 Å². The second-order valence-electron chi connectivity index (χ2n) is 6.87. The summed E-state index contributed by atoms with van der Waals surface area (Å²) in [6.07, 6.45) is -0.377. The Morgan fingerprint density at radius 1 is 1.19 bits per heavy atom. The van der Waals surface area contributed by atoms with Crippen molar-refractivity contribution in [3.8, 4) is 0 Å². The first-order chi connectivity index (χ1) is 15.1. The Bertz CT molecular complexity index is 1030. The van der Waals surface area contributed by atoms with E-state index in [4.69, 9.17) is 4.74 Å². The second-order valence-corrected chi connectivity index (χ2v) is 7.81. The van der Waals surface area contributed by atoms with E-state index in [2.05, 4.69) is 21.2 Å². The molecule has 3 N–H and O–H groups in total. The van der Waals surface area contributed by atoms with Gasteiger partial charge in [-0.3, -0.25) is 19.9 Å². The lowest BCUT2D eigenvalue weighted by molar-refractivity contribution is -0.121. The van der Waals surface area contributed by atoms with E-state index in [9.17, 15) is 14.4 Å². The Morgan fingerprint density at radius 3 is 2.71 bits per heavy atom. The molecule has 10 heteroatoms. The minimum absolute atomic E-state index is 0.00969. The molecule has 0 aliphatic carbocycles. The van der Waals surface area contributed by atoms with Crippen LogP contribution in [0.15, 0.2) is 59.6 Å². The molecule has 1 saturated heterocycles. The number of hydrogen-bond acceptors (Lipinski definition) is 8. The van der Waals surface area contributed by atoms with Crippen molar-refractivity contribution in [3.05, 3.63) is 60.2 Å². The van der Waals surface area contributed by atoms with E-state index in [1.807, 2.05) is 30.3 Å². The average Bonchev–Trinajstić information content (AvgIpc) is 3.27. The molecule has 0 bridgehead atoms. The summed E-state index contributed by atoms with van der Waals surface area (Å²) in [6, 6.07) is 15.8. The monoisotopic (exact) mass is 439 g/mol. The molecule has 9 nitrogen and oxygen atoms in total. The molecule has 2 aliphatic rings. The quantitative estimate of drug-likeness (QED) is 0.607. The highest BCUT2D eigenvalue weighted by Crippen LogP contribution is 2.29. The number of thioether (sulfide) groups is 1. The lowest BCUT2D eigenvalue weighted by Gasteiger charge is -2.32. The van der Waals surface area contributed by atoms with Crippen molar-refractivity contribution < 1.29 is 19.1 Å². The van der Waals surface area contributed by atoms with Crippen molar-refractivity contribution in [3.63, 3.8) is 0 Å². The van der Waals surface area contributed by atoms with Gasteiger partial charge < -0.3 is 10.1 Å². The third-order valence-corrected chi connectivity index (χ3v) is 5.84. The molecule has 1 fully saturated rings. The molecule has 0 saturated carbocycles. The van der Waals surface area contributed by atoms with Gasteiger partial charge in [0.15, 0.2) is 5.17 Å². The Labute approximate surface area is 183 Å². The van der Waals surface area contributed by atoms with Crippen LogP contribution in [0.1, 0.15) is 10.4 Å². The molecule has 31 heavy (non-hydrogen) atoms. The number of esters is 1. The van der Waals surface area contributed by atoms with Gasteiger partial charge in [0.25, 0.3) is 0 Å². The predicted octanol–water partition coefficient (Wildman–Crippen LogP) is 1.60. The maximum absolute atomic E-state index is 13.1. The number of carbonyl (C=O) groups is 3. The normalized spacial score (nSPS) is 20.1. The van der Waals surface area contributed by atoms with Gasteiger partial charge in [0.1, 0.15) is 6.17 Å². The molecule has 160 valence electrons. The summed E-state index contributed by atoms with van der Waals surface area (Å²) in [5.41, 5.74) is 7.29. The van der Waals surface area contributed by atoms with Crippen LogP contribution in [0.3, 0.4) is 0 Å². The van der Waals surface area contributed by atoms with Gasteiger partial charge in [-0.05, 0) is 24.3 Å². The number of nitrogens with zero attached hydrogens (tertiary/aromatic N) is 2. The summed E-state index contributed by atoms with van der Waals surface area (Å²) in [7, 11) is 1.28. The van der Waals surface area contributed by atoms with Crippen LogP contribution in [-0.4, -0.2) is 48.5 Å². The highest BCUT2D eigenvalue weighted by atomic mass is 32.2. The largest absolute Gasteiger partial charge is 0.465 e. The molecule has 0 spiro atoms. The molecular formula is C21H21N5O4S. The van der Waals surface area contributed by atoms with Crippen molar-refractivity contribution in [2.45, 2.75) is 6.17 Å². The predicted molar refractivity (Wildman–Crippen MR) is 119 cm³/mol. The molecule has 2 aliphatic heterocycles. The number of rotatable bonds is 5. The third kappa shape index (κ3) is 4.46. The third-order valence-electron chi connectivity index (χ3n) is 4.88. The van der Waals surface area contributed by atoms with Crippen LogP contribution in [0.5, 0.6) is 0 Å². The Morgan fingerprint density at radius 2 is 1.94 bits per heavy atom. The first-order valence-electron chi connectivity index (χ1n) is 9.63. The summed E-state index contributed by atoms with van der Waals surface area (Å²) in [6.45, 7) is 0.485. The molecule has 2 unspecified atom stereocenters. The molecule has 0 radical (unpaired) electrons. The van der Waals surface area contributed by atoms with Crippen LogP contribution >= 0.6 is 11.8 Å². The number of ether oxygens (including phenoxy) is 1. The fourth-order valence-corrected chi connectivity index (χ4v) is 4.23. The molecule has 2 atom stereocenters. The second kappa shape index (κ2) is 9.29. The number of amidine groups is 1. The SMILES string of the molecule is COC(=O)c1ccccc1NC(=O)CSC1=NC2NNCC2C(=O)N1c1ccccc1. The Hall–Kier alpha value is -3.21. The maximum atomic E-state index is 13.1. The van der Waals surface area contributed by atoms with Crippen molar-refractivity contribution >= 4 is 46.1 Å².